The molecule has 4 aromatic carbocycles. The van der Waals surface area contributed by atoms with Crippen LogP contribution in [0.15, 0.2) is 109 Å². The molecule has 1 aliphatic rings. The average Bonchev–Trinajstić information content (AvgIpc) is 3.38. The summed E-state index contributed by atoms with van der Waals surface area (Å²) in [7, 11) is 0. The smallest absolute Gasteiger partial charge is 0.0540 e. The molecule has 0 fully saturated rings. The van der Waals surface area contributed by atoms with Gasteiger partial charge in [-0.1, -0.05) is 85.8 Å². The number of hydrogen-bond acceptors (Lipinski definition) is 0. The number of para-hydroxylation sites is 4. The Morgan fingerprint density at radius 1 is 0.545 bits per heavy atom. The van der Waals surface area contributed by atoms with Crippen molar-refractivity contribution in [3.05, 3.63) is 109 Å². The fraction of sp³-hybridized carbons (Fsp3) is 0.0968. The summed E-state index contributed by atoms with van der Waals surface area (Å²) in [6.45, 7) is 2.34. The lowest BCUT2D eigenvalue weighted by Crippen LogP contribution is -2.11. The third-order valence-corrected chi connectivity index (χ3v) is 7.16. The number of nitrogens with zero attached hydrogens (tertiary/aromatic N) is 2. The first kappa shape index (κ1) is 18.5. The molecule has 2 aromatic heterocycles. The van der Waals surface area contributed by atoms with Crippen molar-refractivity contribution in [1.29, 1.82) is 0 Å². The molecule has 2 heteroatoms. The van der Waals surface area contributed by atoms with Crippen molar-refractivity contribution in [2.45, 2.75) is 13.3 Å². The van der Waals surface area contributed by atoms with Gasteiger partial charge in [0.05, 0.1) is 22.1 Å². The van der Waals surface area contributed by atoms with E-state index in [1.807, 2.05) is 0 Å². The van der Waals surface area contributed by atoms with E-state index in [1.165, 1.54) is 55.0 Å². The second-order valence-corrected chi connectivity index (χ2v) is 9.07. The van der Waals surface area contributed by atoms with Gasteiger partial charge in [0.1, 0.15) is 0 Å². The second-order valence-electron chi connectivity index (χ2n) is 9.07. The van der Waals surface area contributed by atoms with Gasteiger partial charge >= 0.3 is 0 Å². The molecule has 0 amide bonds. The number of rotatable bonds is 2. The molecule has 7 rings (SSSR count). The van der Waals surface area contributed by atoms with Gasteiger partial charge in [-0.05, 0) is 36.8 Å². The molecule has 2 nitrogen and oxygen atoms in total. The zero-order valence-electron chi connectivity index (χ0n) is 18.6. The first-order valence-electron chi connectivity index (χ1n) is 11.7. The Bertz CT molecular complexity index is 1650. The predicted molar refractivity (Wildman–Crippen MR) is 141 cm³/mol. The predicted octanol–water partition coefficient (Wildman–Crippen LogP) is 8.32. The van der Waals surface area contributed by atoms with E-state index in [1.54, 1.807) is 0 Å². The van der Waals surface area contributed by atoms with Gasteiger partial charge in [-0.15, -0.1) is 0 Å². The Morgan fingerprint density at radius 3 is 1.39 bits per heavy atom. The van der Waals surface area contributed by atoms with Crippen LogP contribution in [0.4, 0.5) is 0 Å². The summed E-state index contributed by atoms with van der Waals surface area (Å²) < 4.78 is 4.92. The molecular formula is C31H24N2. The van der Waals surface area contributed by atoms with Crippen molar-refractivity contribution in [2.24, 2.45) is 5.92 Å². The van der Waals surface area contributed by atoms with Crippen molar-refractivity contribution in [3.8, 4) is 0 Å². The van der Waals surface area contributed by atoms with E-state index in [4.69, 9.17) is 0 Å². The van der Waals surface area contributed by atoms with E-state index in [9.17, 15) is 0 Å². The van der Waals surface area contributed by atoms with E-state index in [0.29, 0.717) is 5.92 Å². The van der Waals surface area contributed by atoms with Crippen LogP contribution in [0.5, 0.6) is 0 Å². The van der Waals surface area contributed by atoms with Gasteiger partial charge in [0, 0.05) is 38.9 Å². The molecule has 1 atom stereocenters. The van der Waals surface area contributed by atoms with Gasteiger partial charge in [-0.3, -0.25) is 0 Å². The van der Waals surface area contributed by atoms with Crippen LogP contribution >= 0.6 is 0 Å². The van der Waals surface area contributed by atoms with Crippen molar-refractivity contribution in [1.82, 2.24) is 9.13 Å². The van der Waals surface area contributed by atoms with Crippen molar-refractivity contribution in [2.75, 3.05) is 0 Å². The minimum atomic E-state index is 0.432. The minimum Gasteiger partial charge on any atom is -0.313 e. The maximum Gasteiger partial charge on any atom is 0.0540 e. The van der Waals surface area contributed by atoms with Gasteiger partial charge in [0.2, 0.25) is 0 Å². The first-order valence-corrected chi connectivity index (χ1v) is 11.7. The van der Waals surface area contributed by atoms with Crippen molar-refractivity contribution >= 4 is 55.0 Å². The minimum absolute atomic E-state index is 0.432. The zero-order valence-corrected chi connectivity index (χ0v) is 18.6. The van der Waals surface area contributed by atoms with Crippen LogP contribution in [0.3, 0.4) is 0 Å². The highest BCUT2D eigenvalue weighted by molar-refractivity contribution is 6.12. The molecule has 0 aliphatic heterocycles. The van der Waals surface area contributed by atoms with Crippen molar-refractivity contribution in [3.63, 3.8) is 0 Å². The van der Waals surface area contributed by atoms with Gasteiger partial charge in [0.15, 0.2) is 0 Å². The van der Waals surface area contributed by atoms with E-state index < -0.39 is 0 Å². The SMILES string of the molecule is CC1CC=C(n2c3ccccc3c3ccccc32)C=C1n1c2ccccc2c2ccccc21. The van der Waals surface area contributed by atoms with Gasteiger partial charge in [-0.25, -0.2) is 0 Å². The molecule has 6 aromatic rings. The average molecular weight is 425 g/mol. The quantitative estimate of drug-likeness (QED) is 0.264. The third-order valence-electron chi connectivity index (χ3n) is 7.16. The zero-order chi connectivity index (χ0) is 21.9. The number of fused-ring (bicyclic) bond motifs is 6. The molecule has 1 unspecified atom stereocenters. The van der Waals surface area contributed by atoms with Crippen LogP contribution in [0.25, 0.3) is 55.0 Å². The summed E-state index contributed by atoms with van der Waals surface area (Å²) >= 11 is 0. The second kappa shape index (κ2) is 6.98. The summed E-state index contributed by atoms with van der Waals surface area (Å²) in [6, 6.07) is 35.1. The van der Waals surface area contributed by atoms with Crippen LogP contribution in [0.2, 0.25) is 0 Å². The molecule has 33 heavy (non-hydrogen) atoms. The Morgan fingerprint density at radius 2 is 0.939 bits per heavy atom. The molecule has 158 valence electrons. The monoisotopic (exact) mass is 424 g/mol. The topological polar surface area (TPSA) is 9.86 Å². The summed E-state index contributed by atoms with van der Waals surface area (Å²) in [5, 5.41) is 5.24. The Balaban J connectivity index is 1.53. The van der Waals surface area contributed by atoms with Crippen molar-refractivity contribution < 1.29 is 0 Å². The summed E-state index contributed by atoms with van der Waals surface area (Å²) in [6.07, 6.45) is 5.83. The Hall–Kier alpha value is -4.04. The molecule has 0 saturated carbocycles. The van der Waals surface area contributed by atoms with Gasteiger partial charge in [-0.2, -0.15) is 0 Å². The van der Waals surface area contributed by atoms with Crippen LogP contribution in [-0.2, 0) is 0 Å². The van der Waals surface area contributed by atoms with E-state index >= 15 is 0 Å². The van der Waals surface area contributed by atoms with Crippen LogP contribution in [-0.4, -0.2) is 9.13 Å². The van der Waals surface area contributed by atoms with Gasteiger partial charge < -0.3 is 9.13 Å². The lowest BCUT2D eigenvalue weighted by atomic mass is 9.96. The molecule has 0 radical (unpaired) electrons. The molecule has 0 spiro atoms. The molecule has 0 bridgehead atoms. The van der Waals surface area contributed by atoms with E-state index in [2.05, 4.69) is 125 Å². The van der Waals surface area contributed by atoms with Crippen LogP contribution < -0.4 is 0 Å². The third kappa shape index (κ3) is 2.61. The van der Waals surface area contributed by atoms with Gasteiger partial charge in [0.25, 0.3) is 0 Å². The molecule has 1 aliphatic carbocycles. The molecule has 0 saturated heterocycles. The van der Waals surface area contributed by atoms with E-state index in [0.717, 1.165) is 6.42 Å². The highest BCUT2D eigenvalue weighted by Gasteiger charge is 2.22. The highest BCUT2D eigenvalue weighted by atomic mass is 15.0. The maximum absolute atomic E-state index is 2.48. The van der Waals surface area contributed by atoms with E-state index in [-0.39, 0.29) is 0 Å². The summed E-state index contributed by atoms with van der Waals surface area (Å²) in [5.41, 5.74) is 7.68. The molecule has 2 heterocycles. The van der Waals surface area contributed by atoms with Crippen LogP contribution in [0, 0.1) is 5.92 Å². The summed E-state index contributed by atoms with van der Waals surface area (Å²) in [4.78, 5) is 0. The first-order chi connectivity index (χ1) is 16.3. The fourth-order valence-corrected chi connectivity index (χ4v) is 5.61. The Kier molecular flexibility index (Phi) is 3.92. The van der Waals surface area contributed by atoms with Crippen LogP contribution in [0.1, 0.15) is 13.3 Å². The number of allylic oxidation sites excluding steroid dienone is 4. The standard InChI is InChI=1S/C31H24N2/c1-21-18-19-22(32-27-14-6-2-10-23(27)24-11-3-7-15-28(24)32)20-31(21)33-29-16-8-4-12-25(29)26-13-5-9-17-30(26)33/h2-17,19-21H,18H2,1H3. The lowest BCUT2D eigenvalue weighted by molar-refractivity contribution is 0.724. The molecular weight excluding hydrogens is 400 g/mol. The lowest BCUT2D eigenvalue weighted by Gasteiger charge is -2.24. The highest BCUT2D eigenvalue weighted by Crippen LogP contribution is 2.39. The summed E-state index contributed by atoms with van der Waals surface area (Å²) in [5.74, 6) is 0.432. The maximum atomic E-state index is 2.48. The molecule has 0 N–H and O–H groups in total. The number of hydrogen-bond donors (Lipinski definition) is 0. The number of aromatic nitrogens is 2. The normalized spacial score (nSPS) is 16.6. The largest absolute Gasteiger partial charge is 0.313 e. The number of benzene rings is 4. The Labute approximate surface area is 192 Å². The fourth-order valence-electron chi connectivity index (χ4n) is 5.61.